The maximum atomic E-state index is 12.0. The van der Waals surface area contributed by atoms with E-state index in [0.717, 1.165) is 13.0 Å². The van der Waals surface area contributed by atoms with Crippen LogP contribution in [0.5, 0.6) is 0 Å². The minimum absolute atomic E-state index is 0.121. The Hall–Kier alpha value is -2.90. The van der Waals surface area contributed by atoms with Crippen LogP contribution in [0, 0.1) is 0 Å². The summed E-state index contributed by atoms with van der Waals surface area (Å²) >= 11 is 0. The molecule has 0 fully saturated rings. The van der Waals surface area contributed by atoms with E-state index in [1.165, 1.54) is 0 Å². The number of carbonyl (C=O) groups excluding carboxylic acids is 2. The molecule has 134 valence electrons. The van der Waals surface area contributed by atoms with Crippen LogP contribution in [0.25, 0.3) is 0 Å². The lowest BCUT2D eigenvalue weighted by Crippen LogP contribution is -2.32. The van der Waals surface area contributed by atoms with Crippen LogP contribution >= 0.6 is 0 Å². The van der Waals surface area contributed by atoms with E-state index in [0.29, 0.717) is 17.1 Å². The van der Waals surface area contributed by atoms with Gasteiger partial charge in [0.15, 0.2) is 5.82 Å². The van der Waals surface area contributed by atoms with Crippen LogP contribution in [0.3, 0.4) is 0 Å². The summed E-state index contributed by atoms with van der Waals surface area (Å²) in [4.78, 5) is 24.0. The molecule has 0 saturated heterocycles. The number of anilines is 1. The minimum atomic E-state index is -0.345. The van der Waals surface area contributed by atoms with E-state index in [9.17, 15) is 9.59 Å². The third-order valence-corrected chi connectivity index (χ3v) is 3.84. The predicted molar refractivity (Wildman–Crippen MR) is 95.2 cm³/mol. The fraction of sp³-hybridized carbons (Fsp3) is 0.412. The van der Waals surface area contributed by atoms with Crippen LogP contribution in [0.15, 0.2) is 30.6 Å². The molecule has 1 heterocycles. The van der Waals surface area contributed by atoms with Gasteiger partial charge in [0.25, 0.3) is 5.91 Å². The molecular formula is C17H24N6O2. The number of carbonyl (C=O) groups is 2. The topological polar surface area (TPSA) is 101 Å². The Kier molecular flexibility index (Phi) is 6.50. The van der Waals surface area contributed by atoms with Gasteiger partial charge in [-0.3, -0.25) is 4.79 Å². The SMILES string of the molecule is CCC(C)NC(=O)c1ccc(NC(=O)NCc2nncn2CC)cc1. The summed E-state index contributed by atoms with van der Waals surface area (Å²) in [7, 11) is 0. The molecule has 2 rings (SSSR count). The van der Waals surface area contributed by atoms with Crippen molar-refractivity contribution in [1.82, 2.24) is 25.4 Å². The lowest BCUT2D eigenvalue weighted by Gasteiger charge is -2.12. The first-order valence-corrected chi connectivity index (χ1v) is 8.36. The van der Waals surface area contributed by atoms with Gasteiger partial charge < -0.3 is 20.5 Å². The van der Waals surface area contributed by atoms with Gasteiger partial charge in [-0.25, -0.2) is 4.79 Å². The zero-order valence-electron chi connectivity index (χ0n) is 14.7. The fourth-order valence-corrected chi connectivity index (χ4v) is 2.13. The number of benzene rings is 1. The molecule has 0 saturated carbocycles. The molecule has 1 unspecified atom stereocenters. The number of urea groups is 1. The molecule has 2 aromatic rings. The maximum absolute atomic E-state index is 12.0. The lowest BCUT2D eigenvalue weighted by molar-refractivity contribution is 0.0939. The maximum Gasteiger partial charge on any atom is 0.319 e. The van der Waals surface area contributed by atoms with E-state index < -0.39 is 0 Å². The smallest absolute Gasteiger partial charge is 0.319 e. The Bertz CT molecular complexity index is 710. The third-order valence-electron chi connectivity index (χ3n) is 3.84. The van der Waals surface area contributed by atoms with Gasteiger partial charge in [-0.15, -0.1) is 10.2 Å². The predicted octanol–water partition coefficient (Wildman–Crippen LogP) is 2.15. The van der Waals surface area contributed by atoms with E-state index in [1.807, 2.05) is 25.3 Å². The van der Waals surface area contributed by atoms with Crippen LogP contribution in [-0.4, -0.2) is 32.7 Å². The van der Waals surface area contributed by atoms with Crippen LogP contribution in [0.2, 0.25) is 0 Å². The largest absolute Gasteiger partial charge is 0.350 e. The van der Waals surface area contributed by atoms with E-state index in [-0.39, 0.29) is 24.5 Å². The molecule has 3 N–H and O–H groups in total. The fourth-order valence-electron chi connectivity index (χ4n) is 2.13. The number of aromatic nitrogens is 3. The molecule has 0 aliphatic heterocycles. The molecule has 1 aromatic carbocycles. The van der Waals surface area contributed by atoms with E-state index in [2.05, 4.69) is 26.1 Å². The molecule has 0 aliphatic carbocycles. The average molecular weight is 344 g/mol. The van der Waals surface area contributed by atoms with Crippen LogP contribution in [0.1, 0.15) is 43.4 Å². The second kappa shape index (κ2) is 8.81. The van der Waals surface area contributed by atoms with Crippen molar-refractivity contribution in [1.29, 1.82) is 0 Å². The van der Waals surface area contributed by atoms with Crippen molar-refractivity contribution in [2.24, 2.45) is 0 Å². The van der Waals surface area contributed by atoms with Gasteiger partial charge >= 0.3 is 6.03 Å². The number of hydrogen-bond donors (Lipinski definition) is 3. The molecule has 25 heavy (non-hydrogen) atoms. The van der Waals surface area contributed by atoms with Gasteiger partial charge in [-0.1, -0.05) is 6.92 Å². The summed E-state index contributed by atoms with van der Waals surface area (Å²) in [5.41, 5.74) is 1.16. The van der Waals surface area contributed by atoms with Gasteiger partial charge in [0.1, 0.15) is 6.33 Å². The second-order valence-electron chi connectivity index (χ2n) is 5.70. The monoisotopic (exact) mass is 344 g/mol. The highest BCUT2D eigenvalue weighted by molar-refractivity contribution is 5.95. The second-order valence-corrected chi connectivity index (χ2v) is 5.70. The van der Waals surface area contributed by atoms with Gasteiger partial charge in [0.2, 0.25) is 0 Å². The van der Waals surface area contributed by atoms with Gasteiger partial charge in [-0.2, -0.15) is 0 Å². The molecule has 1 atom stereocenters. The molecule has 0 radical (unpaired) electrons. The summed E-state index contributed by atoms with van der Waals surface area (Å²) in [6.45, 7) is 6.98. The molecule has 1 aromatic heterocycles. The van der Waals surface area contributed by atoms with Crippen molar-refractivity contribution >= 4 is 17.6 Å². The van der Waals surface area contributed by atoms with Crippen LogP contribution in [-0.2, 0) is 13.1 Å². The number of amides is 3. The Labute approximate surface area is 147 Å². The van der Waals surface area contributed by atoms with Gasteiger partial charge in [-0.05, 0) is 44.5 Å². The Balaban J connectivity index is 1.86. The van der Waals surface area contributed by atoms with Crippen molar-refractivity contribution in [3.05, 3.63) is 42.0 Å². The summed E-state index contributed by atoms with van der Waals surface area (Å²) in [5.74, 6) is 0.568. The standard InChI is InChI=1S/C17H24N6O2/c1-4-12(3)20-16(24)13-6-8-14(9-7-13)21-17(25)18-10-15-22-19-11-23(15)5-2/h6-9,11-12H,4-5,10H2,1-3H3,(H,20,24)(H2,18,21,25). The molecule has 8 nitrogen and oxygen atoms in total. The quantitative estimate of drug-likeness (QED) is 0.716. The molecule has 0 bridgehead atoms. The number of rotatable bonds is 7. The number of nitrogens with zero attached hydrogens (tertiary/aromatic N) is 3. The van der Waals surface area contributed by atoms with Crippen molar-refractivity contribution in [3.8, 4) is 0 Å². The average Bonchev–Trinajstić information content (AvgIpc) is 3.08. The number of aryl methyl sites for hydroxylation is 1. The summed E-state index contributed by atoms with van der Waals surface area (Å²) in [6, 6.07) is 6.53. The Morgan fingerprint density at radius 3 is 2.56 bits per heavy atom. The lowest BCUT2D eigenvalue weighted by atomic mass is 10.1. The zero-order valence-corrected chi connectivity index (χ0v) is 14.7. The normalized spacial score (nSPS) is 11.6. The number of hydrogen-bond acceptors (Lipinski definition) is 4. The van der Waals surface area contributed by atoms with Crippen molar-refractivity contribution in [3.63, 3.8) is 0 Å². The van der Waals surface area contributed by atoms with Gasteiger partial charge in [0.05, 0.1) is 6.54 Å². The highest BCUT2D eigenvalue weighted by Crippen LogP contribution is 2.10. The first-order chi connectivity index (χ1) is 12.0. The van der Waals surface area contributed by atoms with Crippen molar-refractivity contribution in [2.45, 2.75) is 46.3 Å². The zero-order chi connectivity index (χ0) is 18.2. The Morgan fingerprint density at radius 1 is 1.20 bits per heavy atom. The number of nitrogens with one attached hydrogen (secondary N) is 3. The van der Waals surface area contributed by atoms with E-state index >= 15 is 0 Å². The van der Waals surface area contributed by atoms with E-state index in [1.54, 1.807) is 30.6 Å². The highest BCUT2D eigenvalue weighted by atomic mass is 16.2. The van der Waals surface area contributed by atoms with Crippen molar-refractivity contribution < 1.29 is 9.59 Å². The summed E-state index contributed by atoms with van der Waals surface area (Å²) in [5, 5.41) is 16.1. The molecule has 0 spiro atoms. The van der Waals surface area contributed by atoms with Gasteiger partial charge in [0, 0.05) is 23.8 Å². The summed E-state index contributed by atoms with van der Waals surface area (Å²) in [6.07, 6.45) is 2.50. The first-order valence-electron chi connectivity index (χ1n) is 8.36. The molecule has 0 aliphatic rings. The molecule has 8 heteroatoms. The van der Waals surface area contributed by atoms with E-state index in [4.69, 9.17) is 0 Å². The van der Waals surface area contributed by atoms with Crippen LogP contribution < -0.4 is 16.0 Å². The summed E-state index contributed by atoms with van der Waals surface area (Å²) < 4.78 is 1.85. The van der Waals surface area contributed by atoms with Crippen LogP contribution in [0.4, 0.5) is 10.5 Å². The molecule has 3 amide bonds. The molecular weight excluding hydrogens is 320 g/mol. The first kappa shape index (κ1) is 18.4. The highest BCUT2D eigenvalue weighted by Gasteiger charge is 2.09. The third kappa shape index (κ3) is 5.30. The van der Waals surface area contributed by atoms with Crippen molar-refractivity contribution in [2.75, 3.05) is 5.32 Å². The Morgan fingerprint density at radius 2 is 1.92 bits per heavy atom. The minimum Gasteiger partial charge on any atom is -0.350 e.